The van der Waals surface area contributed by atoms with E-state index in [9.17, 15) is 4.79 Å². The highest BCUT2D eigenvalue weighted by atomic mass is 16.1. The van der Waals surface area contributed by atoms with Crippen LogP contribution >= 0.6 is 0 Å². The quantitative estimate of drug-likeness (QED) is 0.515. The molecule has 1 rings (SSSR count). The Labute approximate surface area is 92.3 Å². The van der Waals surface area contributed by atoms with Gasteiger partial charge in [-0.15, -0.1) is 0 Å². The Bertz CT molecular complexity index is 214. The second-order valence-electron chi connectivity index (χ2n) is 4.13. The van der Waals surface area contributed by atoms with E-state index < -0.39 is 0 Å². The van der Waals surface area contributed by atoms with Crippen LogP contribution in [-0.4, -0.2) is 26.0 Å². The summed E-state index contributed by atoms with van der Waals surface area (Å²) in [4.78, 5) is 10.9. The first-order valence-electron chi connectivity index (χ1n) is 5.89. The fraction of sp³-hybridized carbons (Fsp3) is 0.750. The molecule has 0 radical (unpaired) electrons. The number of carbonyl (C=O) groups excluding carboxylic acids is 1. The molecular weight excluding hydrogens is 188 g/mol. The molecule has 3 nitrogen and oxygen atoms in total. The number of allylic oxidation sites excluding steroid dienone is 2. The topological polar surface area (TPSA) is 41.1 Å². The SMILES string of the molecule is CNC(=O)CCCNCC1CC=CCC1. The van der Waals surface area contributed by atoms with Gasteiger partial charge in [0.15, 0.2) is 0 Å². The molecule has 0 aromatic heterocycles. The molecule has 1 amide bonds. The summed E-state index contributed by atoms with van der Waals surface area (Å²) < 4.78 is 0. The maximum atomic E-state index is 10.9. The van der Waals surface area contributed by atoms with Crippen molar-refractivity contribution in [2.45, 2.75) is 32.1 Å². The second-order valence-corrected chi connectivity index (χ2v) is 4.13. The molecule has 15 heavy (non-hydrogen) atoms. The first kappa shape index (κ1) is 12.2. The minimum Gasteiger partial charge on any atom is -0.359 e. The summed E-state index contributed by atoms with van der Waals surface area (Å²) in [6.07, 6.45) is 9.85. The summed E-state index contributed by atoms with van der Waals surface area (Å²) in [5, 5.41) is 6.05. The van der Waals surface area contributed by atoms with Gasteiger partial charge in [-0.05, 0) is 44.7 Å². The Morgan fingerprint density at radius 1 is 1.47 bits per heavy atom. The number of hydrogen-bond acceptors (Lipinski definition) is 2. The smallest absolute Gasteiger partial charge is 0.219 e. The van der Waals surface area contributed by atoms with Crippen LogP contribution in [-0.2, 0) is 4.79 Å². The average molecular weight is 210 g/mol. The van der Waals surface area contributed by atoms with Crippen LogP contribution in [0.4, 0.5) is 0 Å². The standard InChI is InChI=1S/C12H22N2O/c1-13-12(15)8-5-9-14-10-11-6-3-2-4-7-11/h2-3,11,14H,4-10H2,1H3,(H,13,15). The first-order chi connectivity index (χ1) is 7.33. The minimum absolute atomic E-state index is 0.136. The molecule has 0 aromatic rings. The molecule has 0 aliphatic heterocycles. The summed E-state index contributed by atoms with van der Waals surface area (Å²) in [6, 6.07) is 0. The summed E-state index contributed by atoms with van der Waals surface area (Å²) in [5.41, 5.74) is 0. The van der Waals surface area contributed by atoms with E-state index in [1.165, 1.54) is 19.3 Å². The predicted octanol–water partition coefficient (Wildman–Crippen LogP) is 1.46. The van der Waals surface area contributed by atoms with Gasteiger partial charge in [-0.2, -0.15) is 0 Å². The van der Waals surface area contributed by atoms with Gasteiger partial charge in [0, 0.05) is 13.5 Å². The Kier molecular flexibility index (Phi) is 6.09. The van der Waals surface area contributed by atoms with Gasteiger partial charge in [-0.3, -0.25) is 4.79 Å². The molecule has 1 unspecified atom stereocenters. The van der Waals surface area contributed by atoms with E-state index >= 15 is 0 Å². The molecule has 0 saturated heterocycles. The number of amides is 1. The zero-order valence-corrected chi connectivity index (χ0v) is 9.59. The molecule has 2 N–H and O–H groups in total. The summed E-state index contributed by atoms with van der Waals surface area (Å²) in [7, 11) is 1.68. The van der Waals surface area contributed by atoms with Crippen molar-refractivity contribution in [3.63, 3.8) is 0 Å². The fourth-order valence-corrected chi connectivity index (χ4v) is 1.85. The zero-order valence-electron chi connectivity index (χ0n) is 9.59. The normalized spacial score (nSPS) is 20.2. The van der Waals surface area contributed by atoms with Gasteiger partial charge in [-0.25, -0.2) is 0 Å². The van der Waals surface area contributed by atoms with Crippen molar-refractivity contribution in [1.29, 1.82) is 0 Å². The summed E-state index contributed by atoms with van der Waals surface area (Å²) in [6.45, 7) is 2.05. The molecule has 0 fully saturated rings. The fourth-order valence-electron chi connectivity index (χ4n) is 1.85. The van der Waals surface area contributed by atoms with Gasteiger partial charge < -0.3 is 10.6 Å². The molecule has 0 bridgehead atoms. The van der Waals surface area contributed by atoms with Crippen LogP contribution in [0.25, 0.3) is 0 Å². The van der Waals surface area contributed by atoms with Crippen molar-refractivity contribution >= 4 is 5.91 Å². The average Bonchev–Trinajstić information content (AvgIpc) is 2.29. The van der Waals surface area contributed by atoms with Crippen LogP contribution in [0, 0.1) is 5.92 Å². The van der Waals surface area contributed by atoms with Gasteiger partial charge in [-0.1, -0.05) is 12.2 Å². The number of nitrogens with one attached hydrogen (secondary N) is 2. The molecule has 1 aliphatic carbocycles. The molecule has 0 heterocycles. The van der Waals surface area contributed by atoms with Crippen LogP contribution < -0.4 is 10.6 Å². The van der Waals surface area contributed by atoms with Crippen LogP contribution in [0.5, 0.6) is 0 Å². The molecule has 0 aromatic carbocycles. The van der Waals surface area contributed by atoms with E-state index in [0.717, 1.165) is 25.4 Å². The van der Waals surface area contributed by atoms with Gasteiger partial charge >= 0.3 is 0 Å². The van der Waals surface area contributed by atoms with E-state index in [-0.39, 0.29) is 5.91 Å². The molecule has 1 aliphatic rings. The second kappa shape index (κ2) is 7.46. The van der Waals surface area contributed by atoms with Crippen molar-refractivity contribution in [3.05, 3.63) is 12.2 Å². The first-order valence-corrected chi connectivity index (χ1v) is 5.89. The van der Waals surface area contributed by atoms with Gasteiger partial charge in [0.25, 0.3) is 0 Å². The maximum Gasteiger partial charge on any atom is 0.219 e. The summed E-state index contributed by atoms with van der Waals surface area (Å²) >= 11 is 0. The van der Waals surface area contributed by atoms with E-state index in [2.05, 4.69) is 22.8 Å². The lowest BCUT2D eigenvalue weighted by Crippen LogP contribution is -2.26. The van der Waals surface area contributed by atoms with E-state index in [0.29, 0.717) is 6.42 Å². The minimum atomic E-state index is 0.136. The Morgan fingerprint density at radius 3 is 3.00 bits per heavy atom. The zero-order chi connectivity index (χ0) is 10.9. The van der Waals surface area contributed by atoms with Crippen molar-refractivity contribution in [2.24, 2.45) is 5.92 Å². The maximum absolute atomic E-state index is 10.9. The molecule has 1 atom stereocenters. The molecule has 0 saturated carbocycles. The number of carbonyl (C=O) groups is 1. The molecular formula is C12H22N2O. The Morgan fingerprint density at radius 2 is 2.33 bits per heavy atom. The third kappa shape index (κ3) is 5.57. The van der Waals surface area contributed by atoms with Crippen LogP contribution in [0.1, 0.15) is 32.1 Å². The third-order valence-electron chi connectivity index (χ3n) is 2.85. The highest BCUT2D eigenvalue weighted by Gasteiger charge is 2.08. The highest BCUT2D eigenvalue weighted by Crippen LogP contribution is 2.16. The number of rotatable bonds is 6. The molecule has 86 valence electrons. The van der Waals surface area contributed by atoms with Crippen molar-refractivity contribution < 1.29 is 4.79 Å². The van der Waals surface area contributed by atoms with Crippen LogP contribution in [0.3, 0.4) is 0 Å². The number of hydrogen-bond donors (Lipinski definition) is 2. The van der Waals surface area contributed by atoms with E-state index in [4.69, 9.17) is 0 Å². The predicted molar refractivity (Wildman–Crippen MR) is 62.7 cm³/mol. The van der Waals surface area contributed by atoms with Gasteiger partial charge in [0.1, 0.15) is 0 Å². The largest absolute Gasteiger partial charge is 0.359 e. The Hall–Kier alpha value is -0.830. The highest BCUT2D eigenvalue weighted by molar-refractivity contribution is 5.75. The summed E-state index contributed by atoms with van der Waals surface area (Å²) in [5.74, 6) is 0.937. The van der Waals surface area contributed by atoms with E-state index in [1.807, 2.05) is 0 Å². The van der Waals surface area contributed by atoms with E-state index in [1.54, 1.807) is 7.05 Å². The lowest BCUT2D eigenvalue weighted by molar-refractivity contribution is -0.120. The van der Waals surface area contributed by atoms with Crippen LogP contribution in [0.2, 0.25) is 0 Å². The van der Waals surface area contributed by atoms with Gasteiger partial charge in [0.2, 0.25) is 5.91 Å². The monoisotopic (exact) mass is 210 g/mol. The lowest BCUT2D eigenvalue weighted by atomic mass is 9.94. The van der Waals surface area contributed by atoms with Crippen molar-refractivity contribution in [1.82, 2.24) is 10.6 Å². The molecule has 3 heteroatoms. The third-order valence-corrected chi connectivity index (χ3v) is 2.85. The Balaban J connectivity index is 1.92. The van der Waals surface area contributed by atoms with Gasteiger partial charge in [0.05, 0.1) is 0 Å². The lowest BCUT2D eigenvalue weighted by Gasteiger charge is -2.17. The van der Waals surface area contributed by atoms with Crippen molar-refractivity contribution in [3.8, 4) is 0 Å². The van der Waals surface area contributed by atoms with Crippen molar-refractivity contribution in [2.75, 3.05) is 20.1 Å². The van der Waals surface area contributed by atoms with Crippen LogP contribution in [0.15, 0.2) is 12.2 Å². The molecule has 0 spiro atoms.